The van der Waals surface area contributed by atoms with Crippen LogP contribution in [0.2, 0.25) is 0 Å². The molecule has 0 saturated carbocycles. The molecule has 2 amide bonds. The van der Waals surface area contributed by atoms with Gasteiger partial charge in [-0.2, -0.15) is 4.31 Å². The Morgan fingerprint density at radius 3 is 2.42 bits per heavy atom. The molecule has 2 heterocycles. The van der Waals surface area contributed by atoms with Gasteiger partial charge in [0.15, 0.2) is 0 Å². The summed E-state index contributed by atoms with van der Waals surface area (Å²) in [5, 5.41) is 4.46. The molecule has 7 nitrogen and oxygen atoms in total. The Morgan fingerprint density at radius 2 is 1.73 bits per heavy atom. The zero-order chi connectivity index (χ0) is 23.6. The number of hydrogen-bond acceptors (Lipinski definition) is 4. The van der Waals surface area contributed by atoms with Crippen molar-refractivity contribution in [3.8, 4) is 0 Å². The van der Waals surface area contributed by atoms with Crippen LogP contribution in [0.15, 0.2) is 46.3 Å². The Hall–Kier alpha value is -2.84. The van der Waals surface area contributed by atoms with E-state index in [-0.39, 0.29) is 22.6 Å². The Morgan fingerprint density at radius 1 is 1.06 bits per heavy atom. The molecule has 0 aliphatic carbocycles. The first-order chi connectivity index (χ1) is 15.8. The maximum Gasteiger partial charge on any atom is 0.253 e. The quantitative estimate of drug-likeness (QED) is 0.701. The van der Waals surface area contributed by atoms with Crippen LogP contribution in [0.25, 0.3) is 6.08 Å². The van der Waals surface area contributed by atoms with E-state index in [1.165, 1.54) is 28.6 Å². The predicted octanol–water partition coefficient (Wildman–Crippen LogP) is 1.85. The van der Waals surface area contributed by atoms with Gasteiger partial charge in [0.2, 0.25) is 10.0 Å². The highest BCUT2D eigenvalue weighted by molar-refractivity contribution is 7.89. The van der Waals surface area contributed by atoms with Gasteiger partial charge >= 0.3 is 0 Å². The average molecular weight is 468 g/mol. The number of piperidine rings is 1. The molecule has 0 radical (unpaired) electrons. The molecule has 4 rings (SSSR count). The van der Waals surface area contributed by atoms with Gasteiger partial charge in [-0.3, -0.25) is 9.59 Å². The Kier molecular flexibility index (Phi) is 6.76. The fraction of sp³-hybridized carbons (Fsp3) is 0.400. The topological polar surface area (TPSA) is 95.9 Å². The number of aryl methyl sites for hydroxylation is 2. The van der Waals surface area contributed by atoms with Crippen LogP contribution in [-0.2, 0) is 14.8 Å². The van der Waals surface area contributed by atoms with E-state index < -0.39 is 10.0 Å². The van der Waals surface area contributed by atoms with Crippen molar-refractivity contribution in [3.05, 3.63) is 63.7 Å². The largest absolute Gasteiger partial charge is 0.352 e. The lowest BCUT2D eigenvalue weighted by Gasteiger charge is -2.25. The van der Waals surface area contributed by atoms with E-state index in [2.05, 4.69) is 10.3 Å². The van der Waals surface area contributed by atoms with Crippen LogP contribution < -0.4 is 15.9 Å². The van der Waals surface area contributed by atoms with Crippen molar-refractivity contribution in [1.82, 2.24) is 9.62 Å². The number of rotatable bonds is 6. The normalized spacial score (nSPS) is 18.7. The Balaban J connectivity index is 1.37. The van der Waals surface area contributed by atoms with Gasteiger partial charge in [0.1, 0.15) is 0 Å². The van der Waals surface area contributed by atoms with Gasteiger partial charge in [-0.05, 0) is 85.9 Å². The van der Waals surface area contributed by atoms with E-state index in [4.69, 9.17) is 0 Å². The van der Waals surface area contributed by atoms with Crippen LogP contribution in [0.3, 0.4) is 0 Å². The molecule has 2 aromatic rings. The van der Waals surface area contributed by atoms with Crippen molar-refractivity contribution < 1.29 is 18.0 Å². The molecule has 174 valence electrons. The summed E-state index contributed by atoms with van der Waals surface area (Å²) in [4.78, 5) is 29.3. The number of fused-ring (bicyclic) bond motifs is 1. The molecule has 2 aliphatic heterocycles. The first-order valence-electron chi connectivity index (χ1n) is 11.4. The highest BCUT2D eigenvalue weighted by atomic mass is 32.2. The molecule has 1 fully saturated rings. The van der Waals surface area contributed by atoms with Crippen molar-refractivity contribution in [2.24, 2.45) is 10.9 Å². The highest BCUT2D eigenvalue weighted by Gasteiger charge is 2.26. The number of benzene rings is 2. The minimum atomic E-state index is -3.52. The van der Waals surface area contributed by atoms with E-state index in [9.17, 15) is 18.0 Å². The summed E-state index contributed by atoms with van der Waals surface area (Å²) >= 11 is 0. The molecular weight excluding hydrogens is 438 g/mol. The van der Waals surface area contributed by atoms with Crippen LogP contribution in [0.4, 0.5) is 0 Å². The van der Waals surface area contributed by atoms with E-state index >= 15 is 0 Å². The molecule has 8 heteroatoms. The number of carbonyl (C=O) groups is 2. The van der Waals surface area contributed by atoms with E-state index in [1.807, 2.05) is 32.1 Å². The van der Waals surface area contributed by atoms with Crippen LogP contribution in [0.1, 0.15) is 47.2 Å². The Bertz CT molecular complexity index is 1290. The molecule has 2 aromatic carbocycles. The van der Waals surface area contributed by atoms with Crippen molar-refractivity contribution in [3.63, 3.8) is 0 Å². The SMILES string of the molecule is Cc1cc2c(cc1C)=NC(=O)C(CCNC(=O)c1ccc(S(=O)(=O)N3CCCCC3)cc1)C=2. The monoisotopic (exact) mass is 467 g/mol. The maximum atomic E-state index is 12.8. The number of amides is 2. The molecule has 1 atom stereocenters. The van der Waals surface area contributed by atoms with Gasteiger partial charge in [0.25, 0.3) is 11.8 Å². The minimum Gasteiger partial charge on any atom is -0.352 e. The number of sulfonamides is 1. The van der Waals surface area contributed by atoms with Gasteiger partial charge in [0.05, 0.1) is 16.2 Å². The maximum absolute atomic E-state index is 12.8. The predicted molar refractivity (Wildman–Crippen MR) is 126 cm³/mol. The first-order valence-corrected chi connectivity index (χ1v) is 12.8. The number of hydrogen-bond donors (Lipinski definition) is 1. The molecular formula is C25H29N3O4S. The Labute approximate surface area is 194 Å². The van der Waals surface area contributed by atoms with Crippen molar-refractivity contribution in [2.75, 3.05) is 19.6 Å². The minimum absolute atomic E-state index is 0.202. The van der Waals surface area contributed by atoms with Gasteiger partial charge in [0, 0.05) is 25.2 Å². The van der Waals surface area contributed by atoms with Crippen LogP contribution in [0, 0.1) is 19.8 Å². The molecule has 0 bridgehead atoms. The third-order valence-corrected chi connectivity index (χ3v) is 8.29. The second-order valence-corrected chi connectivity index (χ2v) is 10.7. The zero-order valence-electron chi connectivity index (χ0n) is 19.0. The third kappa shape index (κ3) is 5.07. The number of carbonyl (C=O) groups excluding carboxylic acids is 2. The molecule has 1 N–H and O–H groups in total. The first kappa shape index (κ1) is 23.3. The van der Waals surface area contributed by atoms with E-state index in [0.29, 0.717) is 37.0 Å². The van der Waals surface area contributed by atoms with Gasteiger partial charge in [-0.1, -0.05) is 12.5 Å². The number of nitrogens with zero attached hydrogens (tertiary/aromatic N) is 2. The summed E-state index contributed by atoms with van der Waals surface area (Å²) in [6.07, 6.45) is 5.16. The van der Waals surface area contributed by atoms with Crippen LogP contribution >= 0.6 is 0 Å². The molecule has 0 aromatic heterocycles. The molecule has 0 spiro atoms. The second-order valence-electron chi connectivity index (χ2n) is 8.75. The zero-order valence-corrected chi connectivity index (χ0v) is 19.8. The van der Waals surface area contributed by atoms with Crippen LogP contribution in [0.5, 0.6) is 0 Å². The fourth-order valence-corrected chi connectivity index (χ4v) is 5.74. The molecule has 1 saturated heterocycles. The summed E-state index contributed by atoms with van der Waals surface area (Å²) in [7, 11) is -3.52. The highest BCUT2D eigenvalue weighted by Crippen LogP contribution is 2.21. The summed E-state index contributed by atoms with van der Waals surface area (Å²) in [5.74, 6) is -0.881. The molecule has 1 unspecified atom stereocenters. The van der Waals surface area contributed by atoms with E-state index in [0.717, 1.165) is 35.6 Å². The standard InChI is InChI=1S/C25H29N3O4S/c1-17-14-21-16-20(25(30)27-23(21)15-18(17)2)10-11-26-24(29)19-6-8-22(9-7-19)33(31,32)28-12-4-3-5-13-28/h6-9,14-16,20H,3-5,10-13H2,1-2H3,(H,26,29). The lowest BCUT2D eigenvalue weighted by molar-refractivity contribution is -0.120. The van der Waals surface area contributed by atoms with E-state index in [1.54, 1.807) is 0 Å². The summed E-state index contributed by atoms with van der Waals surface area (Å²) in [5.41, 5.74) is 2.62. The van der Waals surface area contributed by atoms with Gasteiger partial charge in [-0.15, -0.1) is 0 Å². The average Bonchev–Trinajstić information content (AvgIpc) is 2.81. The van der Waals surface area contributed by atoms with Crippen LogP contribution in [-0.4, -0.2) is 44.2 Å². The summed E-state index contributed by atoms with van der Waals surface area (Å²) in [6.45, 7) is 5.41. The lowest BCUT2D eigenvalue weighted by atomic mass is 9.98. The second kappa shape index (κ2) is 9.57. The molecule has 33 heavy (non-hydrogen) atoms. The third-order valence-electron chi connectivity index (χ3n) is 6.38. The fourth-order valence-electron chi connectivity index (χ4n) is 4.23. The smallest absolute Gasteiger partial charge is 0.253 e. The number of nitrogens with one attached hydrogen (secondary N) is 1. The van der Waals surface area contributed by atoms with Crippen molar-refractivity contribution >= 4 is 27.9 Å². The van der Waals surface area contributed by atoms with Crippen molar-refractivity contribution in [2.45, 2.75) is 44.4 Å². The van der Waals surface area contributed by atoms with Crippen molar-refractivity contribution in [1.29, 1.82) is 0 Å². The van der Waals surface area contributed by atoms with Gasteiger partial charge in [-0.25, -0.2) is 13.4 Å². The molecule has 2 aliphatic rings. The lowest BCUT2D eigenvalue weighted by Crippen LogP contribution is -2.36. The summed E-state index contributed by atoms with van der Waals surface area (Å²) < 4.78 is 27.0. The van der Waals surface area contributed by atoms with Gasteiger partial charge < -0.3 is 5.32 Å². The summed E-state index contributed by atoms with van der Waals surface area (Å²) in [6, 6.07) is 9.98.